The minimum Gasteiger partial charge on any atom is -0.341 e. The Morgan fingerprint density at radius 3 is 2.80 bits per heavy atom. The van der Waals surface area contributed by atoms with Crippen molar-refractivity contribution in [3.63, 3.8) is 0 Å². The maximum absolute atomic E-state index is 13.1. The van der Waals surface area contributed by atoms with Crippen molar-refractivity contribution in [1.29, 1.82) is 0 Å². The van der Waals surface area contributed by atoms with Crippen LogP contribution in [0.4, 0.5) is 4.39 Å². The number of amides is 1. The molecule has 106 valence electrons. The Bertz CT molecular complexity index is 631. The zero-order valence-corrected chi connectivity index (χ0v) is 11.4. The summed E-state index contributed by atoms with van der Waals surface area (Å²) in [6.45, 7) is 5.48. The number of nitrogens with one attached hydrogen (secondary N) is 1. The van der Waals surface area contributed by atoms with Gasteiger partial charge in [0.05, 0.1) is 17.6 Å². The normalized spacial score (nSPS) is 16.8. The summed E-state index contributed by atoms with van der Waals surface area (Å²) >= 11 is 0. The molecule has 1 fully saturated rings. The van der Waals surface area contributed by atoms with E-state index in [4.69, 9.17) is 0 Å². The molecule has 0 spiro atoms. The first kappa shape index (κ1) is 13.1. The molecule has 1 aliphatic rings. The standard InChI is InChI=1S/C14H17FN4O/c1-10(20)19-6-4-18(5-7-19)9-14-16-12-3-2-11(15)8-13(12)17-14/h2-3,8H,4-7,9H2,1H3,(H,16,17). The fraction of sp³-hybridized carbons (Fsp3) is 0.429. The number of halogens is 1. The molecule has 1 aliphatic heterocycles. The summed E-state index contributed by atoms with van der Waals surface area (Å²) in [7, 11) is 0. The second-order valence-corrected chi connectivity index (χ2v) is 5.13. The minimum atomic E-state index is -0.261. The van der Waals surface area contributed by atoms with Gasteiger partial charge in [0.25, 0.3) is 0 Å². The summed E-state index contributed by atoms with van der Waals surface area (Å²) < 4.78 is 13.1. The third-order valence-electron chi connectivity index (χ3n) is 3.68. The number of nitrogens with zero attached hydrogens (tertiary/aromatic N) is 3. The van der Waals surface area contributed by atoms with Crippen LogP contribution in [0.15, 0.2) is 18.2 Å². The first-order valence-corrected chi connectivity index (χ1v) is 6.74. The highest BCUT2D eigenvalue weighted by Gasteiger charge is 2.19. The van der Waals surface area contributed by atoms with Gasteiger partial charge < -0.3 is 9.88 Å². The highest BCUT2D eigenvalue weighted by Crippen LogP contribution is 2.14. The minimum absolute atomic E-state index is 0.129. The van der Waals surface area contributed by atoms with Gasteiger partial charge in [-0.25, -0.2) is 9.37 Å². The van der Waals surface area contributed by atoms with Gasteiger partial charge in [-0.05, 0) is 18.2 Å². The monoisotopic (exact) mass is 276 g/mol. The van der Waals surface area contributed by atoms with E-state index >= 15 is 0 Å². The average Bonchev–Trinajstić information content (AvgIpc) is 2.80. The number of piperazine rings is 1. The predicted molar refractivity (Wildman–Crippen MR) is 73.6 cm³/mol. The van der Waals surface area contributed by atoms with Crippen molar-refractivity contribution in [2.45, 2.75) is 13.5 Å². The van der Waals surface area contributed by atoms with Crippen LogP contribution >= 0.6 is 0 Å². The lowest BCUT2D eigenvalue weighted by Gasteiger charge is -2.33. The Morgan fingerprint density at radius 1 is 1.35 bits per heavy atom. The summed E-state index contributed by atoms with van der Waals surface area (Å²) in [5.74, 6) is 0.702. The van der Waals surface area contributed by atoms with Crippen molar-refractivity contribution in [3.05, 3.63) is 29.8 Å². The Kier molecular flexibility index (Phi) is 3.40. The van der Waals surface area contributed by atoms with Crippen LogP contribution in [0, 0.1) is 5.82 Å². The van der Waals surface area contributed by atoms with Crippen molar-refractivity contribution in [2.75, 3.05) is 26.2 Å². The van der Waals surface area contributed by atoms with Gasteiger partial charge in [0.15, 0.2) is 0 Å². The topological polar surface area (TPSA) is 52.2 Å². The Hall–Kier alpha value is -1.95. The zero-order valence-electron chi connectivity index (χ0n) is 11.4. The number of carbonyl (C=O) groups excluding carboxylic acids is 1. The predicted octanol–water partition coefficient (Wildman–Crippen LogP) is 1.37. The van der Waals surface area contributed by atoms with E-state index in [0.717, 1.165) is 43.0 Å². The largest absolute Gasteiger partial charge is 0.341 e. The summed E-state index contributed by atoms with van der Waals surface area (Å²) in [6, 6.07) is 4.55. The molecule has 1 aromatic carbocycles. The SMILES string of the molecule is CC(=O)N1CCN(Cc2nc3ccc(F)cc3[nH]2)CC1. The highest BCUT2D eigenvalue weighted by molar-refractivity contribution is 5.75. The maximum atomic E-state index is 13.1. The van der Waals surface area contributed by atoms with E-state index in [2.05, 4.69) is 14.9 Å². The van der Waals surface area contributed by atoms with E-state index in [9.17, 15) is 9.18 Å². The van der Waals surface area contributed by atoms with E-state index < -0.39 is 0 Å². The first-order chi connectivity index (χ1) is 9.61. The van der Waals surface area contributed by atoms with Crippen LogP contribution in [0.1, 0.15) is 12.7 Å². The molecular weight excluding hydrogens is 259 g/mol. The fourth-order valence-corrected chi connectivity index (χ4v) is 2.54. The Labute approximate surface area is 116 Å². The molecule has 0 radical (unpaired) electrons. The van der Waals surface area contributed by atoms with Crippen LogP contribution in [0.2, 0.25) is 0 Å². The van der Waals surface area contributed by atoms with Gasteiger partial charge in [-0.15, -0.1) is 0 Å². The van der Waals surface area contributed by atoms with Crippen molar-refractivity contribution in [2.24, 2.45) is 0 Å². The molecule has 3 rings (SSSR count). The Morgan fingerprint density at radius 2 is 2.10 bits per heavy atom. The molecule has 2 heterocycles. The number of hydrogen-bond donors (Lipinski definition) is 1. The van der Waals surface area contributed by atoms with Crippen molar-refractivity contribution in [3.8, 4) is 0 Å². The molecule has 6 heteroatoms. The fourth-order valence-electron chi connectivity index (χ4n) is 2.54. The van der Waals surface area contributed by atoms with Crippen LogP contribution in [0.25, 0.3) is 11.0 Å². The summed E-state index contributed by atoms with van der Waals surface area (Å²) in [6.07, 6.45) is 0. The molecule has 5 nitrogen and oxygen atoms in total. The second-order valence-electron chi connectivity index (χ2n) is 5.13. The van der Waals surface area contributed by atoms with Crippen molar-refractivity contribution >= 4 is 16.9 Å². The molecule has 20 heavy (non-hydrogen) atoms. The molecular formula is C14H17FN4O. The first-order valence-electron chi connectivity index (χ1n) is 6.74. The number of hydrogen-bond acceptors (Lipinski definition) is 3. The number of fused-ring (bicyclic) bond motifs is 1. The molecule has 0 aliphatic carbocycles. The van der Waals surface area contributed by atoms with E-state index in [1.807, 2.05) is 4.90 Å². The number of benzene rings is 1. The molecule has 1 saturated heterocycles. The quantitative estimate of drug-likeness (QED) is 0.901. The molecule has 0 unspecified atom stereocenters. The van der Waals surface area contributed by atoms with Crippen LogP contribution < -0.4 is 0 Å². The molecule has 1 aromatic heterocycles. The van der Waals surface area contributed by atoms with E-state index in [1.54, 1.807) is 13.0 Å². The van der Waals surface area contributed by atoms with Crippen molar-refractivity contribution in [1.82, 2.24) is 19.8 Å². The van der Waals surface area contributed by atoms with E-state index in [0.29, 0.717) is 6.54 Å². The highest BCUT2D eigenvalue weighted by atomic mass is 19.1. The lowest BCUT2D eigenvalue weighted by molar-refractivity contribution is -0.130. The second kappa shape index (κ2) is 5.20. The Balaban J connectivity index is 1.66. The molecule has 0 bridgehead atoms. The number of H-pyrrole nitrogens is 1. The van der Waals surface area contributed by atoms with Crippen LogP contribution in [-0.2, 0) is 11.3 Å². The average molecular weight is 276 g/mol. The van der Waals surface area contributed by atoms with Crippen molar-refractivity contribution < 1.29 is 9.18 Å². The van der Waals surface area contributed by atoms with Crippen LogP contribution in [0.5, 0.6) is 0 Å². The van der Waals surface area contributed by atoms with Gasteiger partial charge in [-0.1, -0.05) is 0 Å². The van der Waals surface area contributed by atoms with E-state index in [-0.39, 0.29) is 11.7 Å². The van der Waals surface area contributed by atoms with Gasteiger partial charge in [0, 0.05) is 33.1 Å². The van der Waals surface area contributed by atoms with Crippen LogP contribution in [-0.4, -0.2) is 51.9 Å². The van der Waals surface area contributed by atoms with Gasteiger partial charge in [0.1, 0.15) is 11.6 Å². The van der Waals surface area contributed by atoms with Gasteiger partial charge in [-0.2, -0.15) is 0 Å². The molecule has 2 aromatic rings. The number of imidazole rings is 1. The summed E-state index contributed by atoms with van der Waals surface area (Å²) in [5, 5.41) is 0. The molecule has 0 atom stereocenters. The van der Waals surface area contributed by atoms with Gasteiger partial charge in [-0.3, -0.25) is 9.69 Å². The lowest BCUT2D eigenvalue weighted by atomic mass is 10.3. The molecule has 0 saturated carbocycles. The van der Waals surface area contributed by atoms with E-state index in [1.165, 1.54) is 12.1 Å². The maximum Gasteiger partial charge on any atom is 0.219 e. The number of rotatable bonds is 2. The number of carbonyl (C=O) groups is 1. The zero-order chi connectivity index (χ0) is 14.1. The lowest BCUT2D eigenvalue weighted by Crippen LogP contribution is -2.47. The number of aromatic amines is 1. The number of aromatic nitrogens is 2. The third kappa shape index (κ3) is 2.65. The molecule has 1 amide bonds. The molecule has 1 N–H and O–H groups in total. The van der Waals surface area contributed by atoms with Crippen LogP contribution in [0.3, 0.4) is 0 Å². The summed E-state index contributed by atoms with van der Waals surface area (Å²) in [4.78, 5) is 23.0. The van der Waals surface area contributed by atoms with Gasteiger partial charge in [0.2, 0.25) is 5.91 Å². The third-order valence-corrected chi connectivity index (χ3v) is 3.68. The van der Waals surface area contributed by atoms with Gasteiger partial charge >= 0.3 is 0 Å². The smallest absolute Gasteiger partial charge is 0.219 e. The summed E-state index contributed by atoms with van der Waals surface area (Å²) in [5.41, 5.74) is 1.51.